The molecule has 2 aromatic rings. The Hall–Kier alpha value is -2.47. The number of carboxylic acid groups (broad SMARTS) is 2. The molecule has 0 fully saturated rings. The van der Waals surface area contributed by atoms with Gasteiger partial charge in [-0.1, -0.05) is 36.4 Å². The van der Waals surface area contributed by atoms with Gasteiger partial charge in [0.25, 0.3) is 0 Å². The third-order valence-corrected chi connectivity index (χ3v) is 4.02. The number of rotatable bonds is 7. The summed E-state index contributed by atoms with van der Waals surface area (Å²) in [5.74, 6) is -2.24. The minimum absolute atomic E-state index is 0.315. The molecule has 0 heterocycles. The van der Waals surface area contributed by atoms with Crippen molar-refractivity contribution in [3.8, 4) is 5.75 Å². The van der Waals surface area contributed by atoms with Gasteiger partial charge < -0.3 is 14.9 Å². The summed E-state index contributed by atoms with van der Waals surface area (Å²) in [5.41, 5.74) is 0. The molecule has 0 aliphatic heterocycles. The van der Waals surface area contributed by atoms with E-state index in [1.54, 1.807) is 60.7 Å². The van der Waals surface area contributed by atoms with E-state index in [1.165, 1.54) is 0 Å². The predicted octanol–water partition coefficient (Wildman–Crippen LogP) is 2.76. The molecule has 2 unspecified atom stereocenters. The molecule has 0 saturated heterocycles. The molecular weight excluding hydrogens is 304 g/mol. The standard InChI is InChI=1S/C16H14O5S/c17-15(18)13(21-11-7-3-1-4-8-11)14(16(19)20)22-12-9-5-2-6-10-12/h1-10,13-14H,(H,17,18)(H,19,20). The Morgan fingerprint density at radius 1 is 0.864 bits per heavy atom. The fourth-order valence-electron chi connectivity index (χ4n) is 1.77. The van der Waals surface area contributed by atoms with Gasteiger partial charge in [-0.3, -0.25) is 4.79 Å². The summed E-state index contributed by atoms with van der Waals surface area (Å²) < 4.78 is 5.37. The molecule has 5 nitrogen and oxygen atoms in total. The van der Waals surface area contributed by atoms with Crippen molar-refractivity contribution < 1.29 is 24.5 Å². The highest BCUT2D eigenvalue weighted by molar-refractivity contribution is 8.00. The van der Waals surface area contributed by atoms with Gasteiger partial charge >= 0.3 is 11.9 Å². The molecule has 0 saturated carbocycles. The van der Waals surface area contributed by atoms with Crippen molar-refractivity contribution in [2.75, 3.05) is 0 Å². The van der Waals surface area contributed by atoms with Crippen molar-refractivity contribution in [3.63, 3.8) is 0 Å². The first-order chi connectivity index (χ1) is 10.6. The van der Waals surface area contributed by atoms with Crippen molar-refractivity contribution in [2.24, 2.45) is 0 Å². The van der Waals surface area contributed by atoms with Gasteiger partial charge in [-0.05, 0) is 24.3 Å². The highest BCUT2D eigenvalue weighted by Gasteiger charge is 2.36. The van der Waals surface area contributed by atoms with Crippen LogP contribution in [0.5, 0.6) is 5.75 Å². The quantitative estimate of drug-likeness (QED) is 0.764. The van der Waals surface area contributed by atoms with E-state index in [4.69, 9.17) is 4.74 Å². The maximum atomic E-state index is 11.5. The number of aliphatic carboxylic acids is 2. The Morgan fingerprint density at radius 2 is 1.41 bits per heavy atom. The van der Waals surface area contributed by atoms with Crippen LogP contribution in [-0.2, 0) is 9.59 Å². The molecule has 22 heavy (non-hydrogen) atoms. The Morgan fingerprint density at radius 3 is 1.91 bits per heavy atom. The van der Waals surface area contributed by atoms with Crippen LogP contribution in [0.1, 0.15) is 0 Å². The van der Waals surface area contributed by atoms with Crippen molar-refractivity contribution in [2.45, 2.75) is 16.2 Å². The molecule has 0 aromatic heterocycles. The zero-order chi connectivity index (χ0) is 15.9. The summed E-state index contributed by atoms with van der Waals surface area (Å²) in [6, 6.07) is 17.1. The third-order valence-electron chi connectivity index (χ3n) is 2.77. The first-order valence-corrected chi connectivity index (χ1v) is 7.35. The van der Waals surface area contributed by atoms with E-state index in [0.717, 1.165) is 11.8 Å². The van der Waals surface area contributed by atoms with Gasteiger partial charge in [0.2, 0.25) is 6.10 Å². The number of hydrogen-bond acceptors (Lipinski definition) is 4. The maximum Gasteiger partial charge on any atom is 0.346 e. The first-order valence-electron chi connectivity index (χ1n) is 6.47. The number of thioether (sulfide) groups is 1. The molecule has 2 rings (SSSR count). The molecule has 2 aromatic carbocycles. The topological polar surface area (TPSA) is 83.8 Å². The lowest BCUT2D eigenvalue weighted by molar-refractivity contribution is -0.150. The highest BCUT2D eigenvalue weighted by atomic mass is 32.2. The summed E-state index contributed by atoms with van der Waals surface area (Å²) in [6.07, 6.45) is -1.50. The summed E-state index contributed by atoms with van der Waals surface area (Å²) in [6.45, 7) is 0. The predicted molar refractivity (Wildman–Crippen MR) is 82.2 cm³/mol. The smallest absolute Gasteiger partial charge is 0.346 e. The van der Waals surface area contributed by atoms with Gasteiger partial charge in [0.05, 0.1) is 0 Å². The van der Waals surface area contributed by atoms with Crippen LogP contribution < -0.4 is 4.74 Å². The lowest BCUT2D eigenvalue weighted by Crippen LogP contribution is -2.41. The van der Waals surface area contributed by atoms with Crippen LogP contribution in [-0.4, -0.2) is 33.5 Å². The highest BCUT2D eigenvalue weighted by Crippen LogP contribution is 2.28. The minimum Gasteiger partial charge on any atom is -0.480 e. The Labute approximate surface area is 131 Å². The SMILES string of the molecule is O=C(O)C(Oc1ccccc1)C(Sc1ccccc1)C(=O)O. The lowest BCUT2D eigenvalue weighted by atomic mass is 10.2. The number of carboxylic acids is 2. The van der Waals surface area contributed by atoms with Gasteiger partial charge in [0.15, 0.2) is 5.25 Å². The number of para-hydroxylation sites is 1. The minimum atomic E-state index is -1.50. The molecule has 114 valence electrons. The fourth-order valence-corrected chi connectivity index (χ4v) is 2.78. The van der Waals surface area contributed by atoms with Crippen LogP contribution in [0.2, 0.25) is 0 Å². The van der Waals surface area contributed by atoms with E-state index in [0.29, 0.717) is 10.6 Å². The molecule has 0 aliphatic carbocycles. The van der Waals surface area contributed by atoms with Gasteiger partial charge in [0.1, 0.15) is 5.75 Å². The van der Waals surface area contributed by atoms with Crippen molar-refractivity contribution >= 4 is 23.7 Å². The van der Waals surface area contributed by atoms with Crippen LogP contribution in [0.15, 0.2) is 65.6 Å². The molecule has 0 aliphatic rings. The summed E-state index contributed by atoms with van der Waals surface area (Å²) in [4.78, 5) is 23.6. The third kappa shape index (κ3) is 4.26. The number of ether oxygens (including phenoxy) is 1. The summed E-state index contributed by atoms with van der Waals surface area (Å²) in [7, 11) is 0. The molecule has 2 N–H and O–H groups in total. The van der Waals surface area contributed by atoms with Crippen LogP contribution >= 0.6 is 11.8 Å². The molecule has 0 spiro atoms. The molecule has 6 heteroatoms. The summed E-state index contributed by atoms with van der Waals surface area (Å²) >= 11 is 0.947. The van der Waals surface area contributed by atoms with Gasteiger partial charge in [-0.2, -0.15) is 0 Å². The van der Waals surface area contributed by atoms with Crippen LogP contribution in [0.25, 0.3) is 0 Å². The van der Waals surface area contributed by atoms with Crippen molar-refractivity contribution in [1.82, 2.24) is 0 Å². The molecule has 0 amide bonds. The maximum absolute atomic E-state index is 11.5. The summed E-state index contributed by atoms with van der Waals surface area (Å²) in [5, 5.41) is 17.4. The largest absolute Gasteiger partial charge is 0.480 e. The average Bonchev–Trinajstić information content (AvgIpc) is 2.52. The van der Waals surface area contributed by atoms with Crippen molar-refractivity contribution in [3.05, 3.63) is 60.7 Å². The van der Waals surface area contributed by atoms with Crippen LogP contribution in [0, 0.1) is 0 Å². The Balaban J connectivity index is 2.22. The first kappa shape index (κ1) is 15.9. The van der Waals surface area contributed by atoms with E-state index >= 15 is 0 Å². The molecule has 0 radical (unpaired) electrons. The normalized spacial score (nSPS) is 13.1. The van der Waals surface area contributed by atoms with E-state index in [2.05, 4.69) is 0 Å². The van der Waals surface area contributed by atoms with E-state index in [1.807, 2.05) is 0 Å². The Kier molecular flexibility index (Phi) is 5.43. The number of carbonyl (C=O) groups is 2. The zero-order valence-electron chi connectivity index (χ0n) is 11.5. The Bertz CT molecular complexity index is 572. The van der Waals surface area contributed by atoms with E-state index in [-0.39, 0.29) is 0 Å². The second-order valence-electron chi connectivity index (χ2n) is 4.38. The van der Waals surface area contributed by atoms with Gasteiger partial charge in [-0.15, -0.1) is 11.8 Å². The molecular formula is C16H14O5S. The number of hydrogen-bond donors (Lipinski definition) is 2. The van der Waals surface area contributed by atoms with Gasteiger partial charge in [0, 0.05) is 4.90 Å². The van der Waals surface area contributed by atoms with E-state index in [9.17, 15) is 19.8 Å². The zero-order valence-corrected chi connectivity index (χ0v) is 12.3. The van der Waals surface area contributed by atoms with E-state index < -0.39 is 23.3 Å². The monoisotopic (exact) mass is 318 g/mol. The number of benzene rings is 2. The average molecular weight is 318 g/mol. The second-order valence-corrected chi connectivity index (χ2v) is 5.59. The van der Waals surface area contributed by atoms with Crippen LogP contribution in [0.4, 0.5) is 0 Å². The van der Waals surface area contributed by atoms with Crippen LogP contribution in [0.3, 0.4) is 0 Å². The fraction of sp³-hybridized carbons (Fsp3) is 0.125. The second kappa shape index (κ2) is 7.51. The van der Waals surface area contributed by atoms with Gasteiger partial charge in [-0.25, -0.2) is 4.79 Å². The molecule has 2 atom stereocenters. The molecule has 0 bridgehead atoms. The lowest BCUT2D eigenvalue weighted by Gasteiger charge is -2.21. The van der Waals surface area contributed by atoms with Crippen molar-refractivity contribution in [1.29, 1.82) is 0 Å².